The highest BCUT2D eigenvalue weighted by molar-refractivity contribution is 5.87. The fourth-order valence-corrected chi connectivity index (χ4v) is 2.19. The van der Waals surface area contributed by atoms with Crippen LogP contribution in [0.4, 0.5) is 0 Å². The van der Waals surface area contributed by atoms with Crippen molar-refractivity contribution in [1.82, 2.24) is 5.06 Å². The van der Waals surface area contributed by atoms with E-state index in [0.717, 1.165) is 24.9 Å². The molecule has 1 aromatic carbocycles. The summed E-state index contributed by atoms with van der Waals surface area (Å²) in [6.07, 6.45) is 1.79. The first-order chi connectivity index (χ1) is 8.22. The summed E-state index contributed by atoms with van der Waals surface area (Å²) in [6.45, 7) is 5.33. The number of hydrogen-bond acceptors (Lipinski definition) is 2. The van der Waals surface area contributed by atoms with Gasteiger partial charge in [-0.25, -0.2) is 5.06 Å². The molecule has 0 spiro atoms. The van der Waals surface area contributed by atoms with Crippen LogP contribution in [0, 0.1) is 5.41 Å². The lowest BCUT2D eigenvalue weighted by atomic mass is 9.75. The molecule has 0 N–H and O–H groups in total. The Kier molecular flexibility index (Phi) is 3.48. The minimum Gasteiger partial charge on any atom is -0.272 e. The third-order valence-corrected chi connectivity index (χ3v) is 3.71. The third-order valence-electron chi connectivity index (χ3n) is 3.71. The zero-order valence-electron chi connectivity index (χ0n) is 10.5. The van der Waals surface area contributed by atoms with Crippen LogP contribution in [-0.4, -0.2) is 17.5 Å². The zero-order chi connectivity index (χ0) is 12.3. The first-order valence-corrected chi connectivity index (χ1v) is 6.20. The van der Waals surface area contributed by atoms with Crippen molar-refractivity contribution in [2.45, 2.75) is 33.3 Å². The van der Waals surface area contributed by atoms with Gasteiger partial charge in [-0.3, -0.25) is 9.63 Å². The molecule has 0 unspecified atom stereocenters. The molecule has 0 saturated carbocycles. The molecule has 0 aliphatic carbocycles. The van der Waals surface area contributed by atoms with E-state index in [-0.39, 0.29) is 11.3 Å². The van der Waals surface area contributed by atoms with E-state index in [2.05, 4.69) is 13.8 Å². The van der Waals surface area contributed by atoms with Gasteiger partial charge in [0, 0.05) is 0 Å². The van der Waals surface area contributed by atoms with Crippen molar-refractivity contribution < 1.29 is 9.63 Å². The molecule has 2 rings (SSSR count). The second-order valence-electron chi connectivity index (χ2n) is 4.59. The second kappa shape index (κ2) is 4.88. The molecule has 0 atom stereocenters. The predicted molar refractivity (Wildman–Crippen MR) is 66.0 cm³/mol. The molecule has 0 bridgehead atoms. The van der Waals surface area contributed by atoms with Crippen LogP contribution >= 0.6 is 0 Å². The van der Waals surface area contributed by atoms with Crippen LogP contribution in [0.1, 0.15) is 32.3 Å². The highest BCUT2D eigenvalue weighted by Gasteiger charge is 2.50. The van der Waals surface area contributed by atoms with E-state index in [4.69, 9.17) is 4.84 Å². The summed E-state index contributed by atoms with van der Waals surface area (Å²) in [4.78, 5) is 17.5. The number of benzene rings is 1. The molecule has 17 heavy (non-hydrogen) atoms. The molecule has 1 aliphatic heterocycles. The monoisotopic (exact) mass is 233 g/mol. The number of amides is 1. The van der Waals surface area contributed by atoms with Crippen molar-refractivity contribution in [1.29, 1.82) is 0 Å². The summed E-state index contributed by atoms with van der Waals surface area (Å²) in [5.74, 6) is 0.137. The lowest BCUT2D eigenvalue weighted by Gasteiger charge is -2.46. The SMILES string of the molecule is CCC1(CC)CN(OCc2ccccc2)C1=O. The van der Waals surface area contributed by atoms with Crippen LogP contribution in [0.5, 0.6) is 0 Å². The Morgan fingerprint density at radius 3 is 2.41 bits per heavy atom. The van der Waals surface area contributed by atoms with Crippen LogP contribution in [0.25, 0.3) is 0 Å². The van der Waals surface area contributed by atoms with Crippen molar-refractivity contribution in [3.63, 3.8) is 0 Å². The smallest absolute Gasteiger partial charge is 0.254 e. The van der Waals surface area contributed by atoms with E-state index in [1.807, 2.05) is 30.3 Å². The average molecular weight is 233 g/mol. The maximum atomic E-state index is 12.0. The van der Waals surface area contributed by atoms with E-state index in [1.165, 1.54) is 5.06 Å². The highest BCUT2D eigenvalue weighted by atomic mass is 16.7. The first-order valence-electron chi connectivity index (χ1n) is 6.20. The summed E-state index contributed by atoms with van der Waals surface area (Å²) < 4.78 is 0. The molecule has 1 saturated heterocycles. The Labute approximate surface area is 102 Å². The molecule has 1 amide bonds. The second-order valence-corrected chi connectivity index (χ2v) is 4.59. The van der Waals surface area contributed by atoms with Crippen LogP contribution in [0.2, 0.25) is 0 Å². The van der Waals surface area contributed by atoms with Gasteiger partial charge in [-0.1, -0.05) is 44.2 Å². The number of carbonyl (C=O) groups is 1. The van der Waals surface area contributed by atoms with Crippen LogP contribution in [0.3, 0.4) is 0 Å². The zero-order valence-corrected chi connectivity index (χ0v) is 10.5. The Bertz CT molecular complexity index is 384. The minimum absolute atomic E-state index is 0.137. The normalized spacial score (nSPS) is 18.0. The van der Waals surface area contributed by atoms with Gasteiger partial charge >= 0.3 is 0 Å². The van der Waals surface area contributed by atoms with E-state index >= 15 is 0 Å². The highest BCUT2D eigenvalue weighted by Crippen LogP contribution is 2.38. The van der Waals surface area contributed by atoms with E-state index in [1.54, 1.807) is 0 Å². The quantitative estimate of drug-likeness (QED) is 0.732. The van der Waals surface area contributed by atoms with Crippen molar-refractivity contribution >= 4 is 5.91 Å². The largest absolute Gasteiger partial charge is 0.272 e. The lowest BCUT2D eigenvalue weighted by Crippen LogP contribution is -2.60. The molecule has 92 valence electrons. The van der Waals surface area contributed by atoms with Crippen molar-refractivity contribution in [2.75, 3.05) is 6.54 Å². The van der Waals surface area contributed by atoms with Crippen LogP contribution < -0.4 is 0 Å². The van der Waals surface area contributed by atoms with E-state index in [9.17, 15) is 4.79 Å². The Morgan fingerprint density at radius 1 is 1.24 bits per heavy atom. The molecular weight excluding hydrogens is 214 g/mol. The van der Waals surface area contributed by atoms with Crippen molar-refractivity contribution in [2.24, 2.45) is 5.41 Å². The standard InChI is InChI=1S/C14H19NO2/c1-3-14(4-2)11-15(13(14)16)17-10-12-8-6-5-7-9-12/h5-9H,3-4,10-11H2,1-2H3. The Hall–Kier alpha value is -1.35. The number of hydroxylamine groups is 2. The molecule has 3 heteroatoms. The van der Waals surface area contributed by atoms with Gasteiger partial charge in [-0.15, -0.1) is 0 Å². The molecule has 0 aromatic heterocycles. The molecule has 1 aliphatic rings. The molecule has 0 radical (unpaired) electrons. The summed E-state index contributed by atoms with van der Waals surface area (Å²) >= 11 is 0. The van der Waals surface area contributed by atoms with Crippen molar-refractivity contribution in [3.8, 4) is 0 Å². The van der Waals surface area contributed by atoms with Gasteiger partial charge in [0.25, 0.3) is 5.91 Å². The van der Waals surface area contributed by atoms with Gasteiger partial charge in [0.15, 0.2) is 0 Å². The average Bonchev–Trinajstić information content (AvgIpc) is 2.39. The van der Waals surface area contributed by atoms with Gasteiger partial charge in [-0.05, 0) is 18.4 Å². The summed E-state index contributed by atoms with van der Waals surface area (Å²) in [5.41, 5.74) is 0.933. The van der Waals surface area contributed by atoms with Crippen molar-refractivity contribution in [3.05, 3.63) is 35.9 Å². The third kappa shape index (κ3) is 2.20. The van der Waals surface area contributed by atoms with Gasteiger partial charge in [0.1, 0.15) is 6.61 Å². The van der Waals surface area contributed by atoms with Gasteiger partial charge in [0.2, 0.25) is 0 Å². The number of rotatable bonds is 5. The van der Waals surface area contributed by atoms with Crippen LogP contribution in [-0.2, 0) is 16.2 Å². The number of carbonyl (C=O) groups excluding carboxylic acids is 1. The summed E-state index contributed by atoms with van der Waals surface area (Å²) in [7, 11) is 0. The fourth-order valence-electron chi connectivity index (χ4n) is 2.19. The maximum Gasteiger partial charge on any atom is 0.254 e. The molecule has 1 fully saturated rings. The fraction of sp³-hybridized carbons (Fsp3) is 0.500. The van der Waals surface area contributed by atoms with Gasteiger partial charge < -0.3 is 0 Å². The summed E-state index contributed by atoms with van der Waals surface area (Å²) in [6, 6.07) is 9.91. The number of nitrogens with zero attached hydrogens (tertiary/aromatic N) is 1. The predicted octanol–water partition coefficient (Wildman–Crippen LogP) is 2.77. The van der Waals surface area contributed by atoms with E-state index in [0.29, 0.717) is 6.61 Å². The van der Waals surface area contributed by atoms with Crippen LogP contribution in [0.15, 0.2) is 30.3 Å². The Morgan fingerprint density at radius 2 is 1.88 bits per heavy atom. The maximum absolute atomic E-state index is 12.0. The molecule has 1 aromatic rings. The first kappa shape index (κ1) is 12.1. The topological polar surface area (TPSA) is 29.5 Å². The van der Waals surface area contributed by atoms with Gasteiger partial charge in [0.05, 0.1) is 12.0 Å². The summed E-state index contributed by atoms with van der Waals surface area (Å²) in [5, 5.41) is 1.50. The minimum atomic E-state index is -0.156. The molecular formula is C14H19NO2. The number of β-lactam (4-membered cyclic amide) rings is 1. The molecule has 1 heterocycles. The Balaban J connectivity index is 1.86. The number of hydrogen-bond donors (Lipinski definition) is 0. The van der Waals surface area contributed by atoms with Gasteiger partial charge in [-0.2, -0.15) is 0 Å². The lowest BCUT2D eigenvalue weighted by molar-refractivity contribution is -0.244. The molecule has 3 nitrogen and oxygen atoms in total. The van der Waals surface area contributed by atoms with E-state index < -0.39 is 0 Å².